The maximum atomic E-state index is 10.9. The van der Waals surface area contributed by atoms with Gasteiger partial charge in [-0.05, 0) is 6.42 Å². The van der Waals surface area contributed by atoms with Crippen molar-refractivity contribution in [2.75, 3.05) is 165 Å². The first kappa shape index (κ1) is 49.7. The van der Waals surface area contributed by atoms with E-state index in [2.05, 4.69) is 13.5 Å². The molecule has 0 aliphatic rings. The Morgan fingerprint density at radius 3 is 0.804 bits per heavy atom. The molecule has 0 aliphatic carbocycles. The fraction of sp³-hybridized carbons (Fsp3) is 0.919. The first-order valence-electron chi connectivity index (χ1n) is 19.0. The van der Waals surface area contributed by atoms with Gasteiger partial charge in [0.1, 0.15) is 6.61 Å². The molecular formula is C37H72O14. The third-order valence-electron chi connectivity index (χ3n) is 6.87. The Bertz CT molecular complexity index is 673. The number of unbranched alkanes of at least 4 members (excludes halogenated alkanes) is 7. The van der Waals surface area contributed by atoms with Crippen LogP contribution in [0.4, 0.5) is 0 Å². The van der Waals surface area contributed by atoms with E-state index in [-0.39, 0.29) is 6.61 Å². The quantitative estimate of drug-likeness (QED) is 0.0504. The Kier molecular flexibility index (Phi) is 45.6. The topological polar surface area (TPSA) is 137 Å². The molecule has 0 fully saturated rings. The highest BCUT2D eigenvalue weighted by atomic mass is 16.6. The second kappa shape index (κ2) is 46.8. The zero-order valence-electron chi connectivity index (χ0n) is 31.8. The number of esters is 1. The van der Waals surface area contributed by atoms with Crippen molar-refractivity contribution < 1.29 is 66.4 Å². The van der Waals surface area contributed by atoms with Crippen molar-refractivity contribution in [2.45, 2.75) is 58.3 Å². The third-order valence-corrected chi connectivity index (χ3v) is 6.87. The molecule has 0 amide bonds. The largest absolute Gasteiger partial charge is 0.460 e. The molecule has 0 N–H and O–H groups in total. The van der Waals surface area contributed by atoms with Gasteiger partial charge < -0.3 is 61.6 Å². The van der Waals surface area contributed by atoms with Crippen molar-refractivity contribution in [1.82, 2.24) is 0 Å². The Balaban J connectivity index is 3.06. The minimum Gasteiger partial charge on any atom is -0.460 e. The number of carbonyl (C=O) groups excluding carboxylic acids is 1. The highest BCUT2D eigenvalue weighted by molar-refractivity contribution is 5.81. The van der Waals surface area contributed by atoms with Crippen LogP contribution >= 0.6 is 0 Å². The number of rotatable bonds is 46. The van der Waals surface area contributed by atoms with Crippen LogP contribution < -0.4 is 0 Å². The van der Waals surface area contributed by atoms with E-state index in [1.807, 2.05) is 0 Å². The van der Waals surface area contributed by atoms with Gasteiger partial charge in [-0.25, -0.2) is 4.79 Å². The van der Waals surface area contributed by atoms with Crippen LogP contribution in [-0.2, 0) is 66.4 Å². The average Bonchev–Trinajstić information content (AvgIpc) is 3.14. The average molecular weight is 741 g/mol. The molecule has 0 heterocycles. The van der Waals surface area contributed by atoms with Gasteiger partial charge in [0.25, 0.3) is 0 Å². The molecule has 0 aromatic heterocycles. The van der Waals surface area contributed by atoms with E-state index in [0.29, 0.717) is 152 Å². The van der Waals surface area contributed by atoms with Gasteiger partial charge >= 0.3 is 5.97 Å². The van der Waals surface area contributed by atoms with E-state index in [9.17, 15) is 4.79 Å². The second-order valence-electron chi connectivity index (χ2n) is 11.2. The summed E-state index contributed by atoms with van der Waals surface area (Å²) < 4.78 is 70.5. The standard InChI is InChI=1S/C37H72O14/c1-3-5-6-7-8-9-10-11-12-39-13-14-40-15-16-41-17-18-42-19-20-43-21-22-44-23-24-45-25-26-46-27-28-47-29-30-48-31-32-49-33-34-50-35-36-51-37(38)4-2/h4H,2-3,5-36H2,1H3. The van der Waals surface area contributed by atoms with Crippen LogP contribution in [0.25, 0.3) is 0 Å². The van der Waals surface area contributed by atoms with Crippen molar-refractivity contribution in [3.05, 3.63) is 12.7 Å². The molecule has 0 aliphatic heterocycles. The maximum absolute atomic E-state index is 10.9. The number of hydrogen-bond donors (Lipinski definition) is 0. The van der Waals surface area contributed by atoms with Gasteiger partial charge in [0.05, 0.1) is 152 Å². The molecule has 0 rings (SSSR count). The van der Waals surface area contributed by atoms with Gasteiger partial charge in [0.2, 0.25) is 0 Å². The molecule has 0 atom stereocenters. The third kappa shape index (κ3) is 46.7. The van der Waals surface area contributed by atoms with Crippen molar-refractivity contribution in [3.63, 3.8) is 0 Å². The maximum Gasteiger partial charge on any atom is 0.330 e. The Morgan fingerprint density at radius 1 is 0.333 bits per heavy atom. The normalized spacial score (nSPS) is 11.4. The van der Waals surface area contributed by atoms with Crippen LogP contribution in [0.2, 0.25) is 0 Å². The molecule has 0 aromatic carbocycles. The fourth-order valence-corrected chi connectivity index (χ4v) is 4.12. The van der Waals surface area contributed by atoms with E-state index >= 15 is 0 Å². The smallest absolute Gasteiger partial charge is 0.330 e. The number of carbonyl (C=O) groups is 1. The Hall–Kier alpha value is -1.27. The zero-order valence-corrected chi connectivity index (χ0v) is 31.8. The first-order valence-corrected chi connectivity index (χ1v) is 19.0. The highest BCUT2D eigenvalue weighted by Crippen LogP contribution is 2.08. The summed E-state index contributed by atoms with van der Waals surface area (Å²) in [5, 5.41) is 0. The summed E-state index contributed by atoms with van der Waals surface area (Å²) in [5.74, 6) is -0.458. The SMILES string of the molecule is C=CC(=O)OCCOCCOCCOCCOCCOCCOCCOCCOCCOCCOCCOCCOCCCCCCCCCC. The summed E-state index contributed by atoms with van der Waals surface area (Å²) in [6, 6.07) is 0. The van der Waals surface area contributed by atoms with Gasteiger partial charge in [-0.2, -0.15) is 0 Å². The van der Waals surface area contributed by atoms with Gasteiger partial charge in [-0.15, -0.1) is 0 Å². The monoisotopic (exact) mass is 740 g/mol. The lowest BCUT2D eigenvalue weighted by Crippen LogP contribution is -2.15. The molecule has 14 nitrogen and oxygen atoms in total. The van der Waals surface area contributed by atoms with Gasteiger partial charge in [0.15, 0.2) is 0 Å². The van der Waals surface area contributed by atoms with Crippen molar-refractivity contribution in [3.8, 4) is 0 Å². The first-order chi connectivity index (χ1) is 25.3. The molecule has 0 bridgehead atoms. The summed E-state index contributed by atoms with van der Waals surface area (Å²) in [6.45, 7) is 18.2. The fourth-order valence-electron chi connectivity index (χ4n) is 4.12. The highest BCUT2D eigenvalue weighted by Gasteiger charge is 1.98. The van der Waals surface area contributed by atoms with Crippen molar-refractivity contribution in [1.29, 1.82) is 0 Å². The van der Waals surface area contributed by atoms with E-state index in [1.165, 1.54) is 44.9 Å². The lowest BCUT2D eigenvalue weighted by Gasteiger charge is -2.09. The molecule has 51 heavy (non-hydrogen) atoms. The Labute approximate surface area is 308 Å². The molecule has 0 saturated carbocycles. The van der Waals surface area contributed by atoms with Crippen LogP contribution in [0.1, 0.15) is 58.3 Å². The number of hydrogen-bond acceptors (Lipinski definition) is 14. The van der Waals surface area contributed by atoms with Crippen LogP contribution in [0.3, 0.4) is 0 Å². The van der Waals surface area contributed by atoms with Crippen molar-refractivity contribution in [2.24, 2.45) is 0 Å². The molecule has 0 unspecified atom stereocenters. The molecule has 14 heteroatoms. The summed E-state index contributed by atoms with van der Waals surface area (Å²) in [7, 11) is 0. The molecule has 304 valence electrons. The minimum absolute atomic E-state index is 0.198. The van der Waals surface area contributed by atoms with Crippen LogP contribution in [0, 0.1) is 0 Å². The minimum atomic E-state index is -0.458. The van der Waals surface area contributed by atoms with Crippen LogP contribution in [0.15, 0.2) is 12.7 Å². The molecule has 0 radical (unpaired) electrons. The second-order valence-corrected chi connectivity index (χ2v) is 11.2. The summed E-state index contributed by atoms with van der Waals surface area (Å²) in [6.07, 6.45) is 11.6. The van der Waals surface area contributed by atoms with E-state index in [0.717, 1.165) is 19.1 Å². The van der Waals surface area contributed by atoms with Gasteiger partial charge in [-0.3, -0.25) is 0 Å². The predicted octanol–water partition coefficient (Wildman–Crippen LogP) is 4.06. The predicted molar refractivity (Wildman–Crippen MR) is 194 cm³/mol. The summed E-state index contributed by atoms with van der Waals surface area (Å²) in [4.78, 5) is 10.9. The molecular weight excluding hydrogens is 668 g/mol. The summed E-state index contributed by atoms with van der Waals surface area (Å²) >= 11 is 0. The summed E-state index contributed by atoms with van der Waals surface area (Å²) in [5.41, 5.74) is 0. The lowest BCUT2D eigenvalue weighted by atomic mass is 10.1. The van der Waals surface area contributed by atoms with E-state index in [1.54, 1.807) is 0 Å². The zero-order chi connectivity index (χ0) is 36.8. The van der Waals surface area contributed by atoms with E-state index in [4.69, 9.17) is 61.6 Å². The molecule has 0 spiro atoms. The van der Waals surface area contributed by atoms with Crippen LogP contribution in [0.5, 0.6) is 0 Å². The van der Waals surface area contributed by atoms with Gasteiger partial charge in [-0.1, -0.05) is 58.4 Å². The van der Waals surface area contributed by atoms with Crippen LogP contribution in [-0.4, -0.2) is 171 Å². The molecule has 0 saturated heterocycles. The number of ether oxygens (including phenoxy) is 13. The molecule has 0 aromatic rings. The van der Waals surface area contributed by atoms with Crippen molar-refractivity contribution >= 4 is 5.97 Å². The van der Waals surface area contributed by atoms with E-state index < -0.39 is 5.97 Å². The lowest BCUT2D eigenvalue weighted by molar-refractivity contribution is -0.139. The Morgan fingerprint density at radius 2 is 0.549 bits per heavy atom. The van der Waals surface area contributed by atoms with Gasteiger partial charge in [0, 0.05) is 12.7 Å².